The van der Waals surface area contributed by atoms with Crippen molar-refractivity contribution >= 4 is 27.4 Å². The Morgan fingerprint density at radius 3 is 2.41 bits per heavy atom. The molecule has 0 amide bonds. The Kier molecular flexibility index (Phi) is 3.64. The minimum atomic E-state index is 0.991. The van der Waals surface area contributed by atoms with Gasteiger partial charge in [0.1, 0.15) is 12.2 Å². The largest absolute Gasteiger partial charge is 0.309 e. The predicted molar refractivity (Wildman–Crippen MR) is 134 cm³/mol. The van der Waals surface area contributed by atoms with E-state index in [1.54, 1.807) is 0 Å². The molecule has 32 heavy (non-hydrogen) atoms. The third-order valence-electron chi connectivity index (χ3n) is 6.75. The summed E-state index contributed by atoms with van der Waals surface area (Å²) in [4.78, 5) is 0. The molecule has 0 atom stereocenters. The van der Waals surface area contributed by atoms with E-state index >= 15 is 0 Å². The smallest absolute Gasteiger partial charge is 0.107 e. The summed E-state index contributed by atoms with van der Waals surface area (Å²) >= 11 is 0. The SMILES string of the molecule is [C+]1=CC2=C(C=C1)c1ccc(-c3ccc4c(c3)c3ccccc3n4-c3ccccc3)cc1C2. The van der Waals surface area contributed by atoms with Crippen LogP contribution in [-0.4, -0.2) is 4.57 Å². The van der Waals surface area contributed by atoms with Gasteiger partial charge in [0.2, 0.25) is 0 Å². The van der Waals surface area contributed by atoms with E-state index in [9.17, 15) is 0 Å². The molecule has 0 bridgehead atoms. The van der Waals surface area contributed by atoms with Crippen LogP contribution in [-0.2, 0) is 6.42 Å². The molecule has 5 aromatic rings. The van der Waals surface area contributed by atoms with E-state index in [2.05, 4.69) is 114 Å². The molecular weight excluding hydrogens is 386 g/mol. The molecule has 2 aliphatic rings. The van der Waals surface area contributed by atoms with Gasteiger partial charge in [-0.25, -0.2) is 0 Å². The number of rotatable bonds is 2. The molecule has 0 N–H and O–H groups in total. The lowest BCUT2D eigenvalue weighted by molar-refractivity contribution is 1.18. The number of hydrogen-bond donors (Lipinski definition) is 0. The van der Waals surface area contributed by atoms with Gasteiger partial charge in [0, 0.05) is 34.5 Å². The van der Waals surface area contributed by atoms with Gasteiger partial charge in [0.15, 0.2) is 0 Å². The van der Waals surface area contributed by atoms with Gasteiger partial charge in [-0.05, 0) is 53.1 Å². The zero-order valence-corrected chi connectivity index (χ0v) is 17.5. The number of allylic oxidation sites excluding steroid dienone is 6. The Hall–Kier alpha value is -4.19. The van der Waals surface area contributed by atoms with Gasteiger partial charge < -0.3 is 4.57 Å². The van der Waals surface area contributed by atoms with Crippen LogP contribution >= 0.6 is 0 Å². The standard InChI is InChI=1S/C31H20N/c1-2-9-25(10-3-1)32-30-13-7-6-12-28(30)29-20-22(15-17-31(29)32)21-14-16-27-24(18-21)19-23-8-4-5-11-26(23)27/h1-3,5-18,20H,19H2/q+1. The van der Waals surface area contributed by atoms with Crippen LogP contribution in [0.25, 0.3) is 44.2 Å². The highest BCUT2D eigenvalue weighted by molar-refractivity contribution is 6.10. The summed E-state index contributed by atoms with van der Waals surface area (Å²) in [5.74, 6) is 0. The molecule has 0 saturated carbocycles. The fourth-order valence-electron chi connectivity index (χ4n) is 5.27. The second kappa shape index (κ2) is 6.65. The first kappa shape index (κ1) is 17.5. The summed E-state index contributed by atoms with van der Waals surface area (Å²) in [7, 11) is 0. The fourth-order valence-corrected chi connectivity index (χ4v) is 5.27. The first-order valence-corrected chi connectivity index (χ1v) is 11.1. The molecule has 2 aliphatic carbocycles. The normalized spacial score (nSPS) is 14.1. The highest BCUT2D eigenvalue weighted by Gasteiger charge is 2.26. The molecule has 1 heterocycles. The molecule has 0 unspecified atom stereocenters. The molecule has 1 heteroatoms. The summed E-state index contributed by atoms with van der Waals surface area (Å²) in [6, 6.07) is 33.1. The molecule has 7 rings (SSSR count). The molecule has 1 nitrogen and oxygen atoms in total. The van der Waals surface area contributed by atoms with Crippen LogP contribution in [0.5, 0.6) is 0 Å². The van der Waals surface area contributed by atoms with Gasteiger partial charge in [0.25, 0.3) is 0 Å². The molecule has 0 saturated heterocycles. The van der Waals surface area contributed by atoms with Crippen molar-refractivity contribution < 1.29 is 0 Å². The molecule has 0 radical (unpaired) electrons. The third kappa shape index (κ3) is 2.49. The maximum absolute atomic E-state index is 3.22. The van der Waals surface area contributed by atoms with Crippen molar-refractivity contribution in [2.45, 2.75) is 6.42 Å². The van der Waals surface area contributed by atoms with E-state index in [0.717, 1.165) is 6.42 Å². The van der Waals surface area contributed by atoms with Gasteiger partial charge in [-0.15, -0.1) is 0 Å². The summed E-state index contributed by atoms with van der Waals surface area (Å²) in [5, 5.41) is 2.58. The van der Waals surface area contributed by atoms with Crippen LogP contribution in [0.2, 0.25) is 0 Å². The fraction of sp³-hybridized carbons (Fsp3) is 0.0323. The number of nitrogens with zero attached hydrogens (tertiary/aromatic N) is 1. The highest BCUT2D eigenvalue weighted by atomic mass is 15.0. The van der Waals surface area contributed by atoms with Gasteiger partial charge in [0.05, 0.1) is 28.3 Å². The van der Waals surface area contributed by atoms with Gasteiger partial charge in [-0.3, -0.25) is 0 Å². The number of para-hydroxylation sites is 2. The van der Waals surface area contributed by atoms with Gasteiger partial charge >= 0.3 is 0 Å². The van der Waals surface area contributed by atoms with Crippen LogP contribution in [0.3, 0.4) is 0 Å². The molecule has 1 aromatic heterocycles. The van der Waals surface area contributed by atoms with Crippen LogP contribution < -0.4 is 0 Å². The average Bonchev–Trinajstić information content (AvgIpc) is 3.39. The average molecular weight is 407 g/mol. The van der Waals surface area contributed by atoms with E-state index in [-0.39, 0.29) is 0 Å². The molecule has 148 valence electrons. The first-order valence-electron chi connectivity index (χ1n) is 11.1. The third-order valence-corrected chi connectivity index (χ3v) is 6.75. The lowest BCUT2D eigenvalue weighted by atomic mass is 9.97. The summed E-state index contributed by atoms with van der Waals surface area (Å²) in [5.41, 5.74) is 11.7. The first-order chi connectivity index (χ1) is 15.9. The van der Waals surface area contributed by atoms with Crippen molar-refractivity contribution in [1.29, 1.82) is 0 Å². The monoisotopic (exact) mass is 406 g/mol. The van der Waals surface area contributed by atoms with Crippen molar-refractivity contribution in [2.24, 2.45) is 0 Å². The quantitative estimate of drug-likeness (QED) is 0.265. The Labute approximate surface area is 187 Å². The molecule has 0 fully saturated rings. The zero-order chi connectivity index (χ0) is 21.1. The maximum Gasteiger partial charge on any atom is 0.107 e. The number of fused-ring (bicyclic) bond motifs is 5. The summed E-state index contributed by atoms with van der Waals surface area (Å²) in [6.07, 6.45) is 10.5. The summed E-state index contributed by atoms with van der Waals surface area (Å²) in [6.45, 7) is 0. The van der Waals surface area contributed by atoms with Crippen LogP contribution in [0.1, 0.15) is 11.1 Å². The Morgan fingerprint density at radius 1 is 0.688 bits per heavy atom. The van der Waals surface area contributed by atoms with Gasteiger partial charge in [-0.1, -0.05) is 54.6 Å². The van der Waals surface area contributed by atoms with Crippen molar-refractivity contribution in [3.05, 3.63) is 132 Å². The van der Waals surface area contributed by atoms with Crippen LogP contribution in [0, 0.1) is 6.08 Å². The minimum absolute atomic E-state index is 0.991. The molecule has 0 aliphatic heterocycles. The van der Waals surface area contributed by atoms with Crippen molar-refractivity contribution in [2.75, 3.05) is 0 Å². The predicted octanol–water partition coefficient (Wildman–Crippen LogP) is 7.69. The van der Waals surface area contributed by atoms with E-state index in [1.165, 1.54) is 60.9 Å². The van der Waals surface area contributed by atoms with Crippen LogP contribution in [0.4, 0.5) is 0 Å². The van der Waals surface area contributed by atoms with E-state index in [1.807, 2.05) is 6.08 Å². The lowest BCUT2D eigenvalue weighted by Gasteiger charge is -2.09. The number of hydrogen-bond acceptors (Lipinski definition) is 0. The van der Waals surface area contributed by atoms with E-state index in [0.29, 0.717) is 0 Å². The zero-order valence-electron chi connectivity index (χ0n) is 17.5. The van der Waals surface area contributed by atoms with E-state index < -0.39 is 0 Å². The summed E-state index contributed by atoms with van der Waals surface area (Å²) < 4.78 is 2.37. The molecular formula is C31H20N+. The second-order valence-electron chi connectivity index (χ2n) is 8.55. The van der Waals surface area contributed by atoms with Crippen molar-refractivity contribution in [3.63, 3.8) is 0 Å². The Morgan fingerprint density at radius 2 is 1.47 bits per heavy atom. The highest BCUT2D eigenvalue weighted by Crippen LogP contribution is 2.39. The number of benzene rings is 4. The Bertz CT molecular complexity index is 1620. The minimum Gasteiger partial charge on any atom is -0.309 e. The van der Waals surface area contributed by atoms with Crippen molar-refractivity contribution in [1.82, 2.24) is 4.57 Å². The molecule has 0 spiro atoms. The lowest BCUT2D eigenvalue weighted by Crippen LogP contribution is -1.92. The number of aromatic nitrogens is 1. The topological polar surface area (TPSA) is 4.93 Å². The molecule has 4 aromatic carbocycles. The van der Waals surface area contributed by atoms with E-state index in [4.69, 9.17) is 0 Å². The van der Waals surface area contributed by atoms with Crippen LogP contribution in [0.15, 0.2) is 115 Å². The van der Waals surface area contributed by atoms with Crippen molar-refractivity contribution in [3.8, 4) is 16.8 Å². The van der Waals surface area contributed by atoms with Gasteiger partial charge in [-0.2, -0.15) is 0 Å². The maximum atomic E-state index is 3.22. The second-order valence-corrected chi connectivity index (χ2v) is 8.55. The Balaban J connectivity index is 1.40.